The molecule has 2 rings (SSSR count). The van der Waals surface area contributed by atoms with E-state index in [9.17, 15) is 14.7 Å². The largest absolute Gasteiger partial charge is 0.538 e. The summed E-state index contributed by atoms with van der Waals surface area (Å²) in [6.45, 7) is 0. The minimum Gasteiger partial charge on any atom is -0.538 e. The van der Waals surface area contributed by atoms with Crippen LogP contribution in [0.3, 0.4) is 0 Å². The van der Waals surface area contributed by atoms with Crippen molar-refractivity contribution in [1.29, 1.82) is 0 Å². The van der Waals surface area contributed by atoms with E-state index in [4.69, 9.17) is 16.7 Å². The number of amides is 1. The number of halogens is 1. The molecule has 1 aromatic carbocycles. The number of carbonyl (C=O) groups excluding carboxylic acids is 1. The van der Waals surface area contributed by atoms with Gasteiger partial charge in [0.1, 0.15) is 0 Å². The van der Waals surface area contributed by atoms with Crippen molar-refractivity contribution >= 4 is 40.9 Å². The molecule has 0 fully saturated rings. The third-order valence-corrected chi connectivity index (χ3v) is 4.21. The molecule has 0 aliphatic heterocycles. The molecule has 0 saturated carbocycles. The third-order valence-electron chi connectivity index (χ3n) is 2.77. The summed E-state index contributed by atoms with van der Waals surface area (Å²) in [4.78, 5) is 22.8. The average molecular weight is 358 g/mol. The molecule has 0 aliphatic rings. The maximum absolute atomic E-state index is 11.9. The van der Waals surface area contributed by atoms with Crippen molar-refractivity contribution < 1.29 is 29.0 Å². The number of carboxylic acid groups (broad SMARTS) is 1. The number of benzene rings is 1. The molecule has 122 valence electrons. The van der Waals surface area contributed by atoms with Crippen molar-refractivity contribution in [2.24, 2.45) is 7.05 Å². The Kier molecular flexibility index (Phi) is 5.45. The van der Waals surface area contributed by atoms with Gasteiger partial charge in [-0.1, -0.05) is 28.0 Å². The first-order valence-corrected chi connectivity index (χ1v) is 7.73. The van der Waals surface area contributed by atoms with Crippen molar-refractivity contribution in [1.82, 2.24) is 5.27 Å². The van der Waals surface area contributed by atoms with Gasteiger partial charge in [-0.05, 0) is 18.2 Å². The summed E-state index contributed by atoms with van der Waals surface area (Å²) in [6, 6.07) is 4.03. The van der Waals surface area contributed by atoms with Gasteiger partial charge in [-0.25, -0.2) is 4.79 Å². The van der Waals surface area contributed by atoms with E-state index in [0.717, 1.165) is 11.8 Å². The standard InChI is InChI=1S/C13H12ClN3O5S/c1-17-11(13(21)22-16-17)23-5-4-10(18)15-9-6-7(12(19)20)2-3-8(9)14/h2-3,6H,4-5H2,1H3,(H2-,15,16,18,19,20,21). The monoisotopic (exact) mass is 357 g/mol. The number of nitrogens with one attached hydrogen (secondary N) is 1. The van der Waals surface area contributed by atoms with Crippen LogP contribution in [-0.2, 0) is 11.8 Å². The molecule has 10 heteroatoms. The third kappa shape index (κ3) is 4.36. The molecule has 1 amide bonds. The van der Waals surface area contributed by atoms with Gasteiger partial charge >= 0.3 is 5.97 Å². The number of thioether (sulfide) groups is 1. The second kappa shape index (κ2) is 7.34. The van der Waals surface area contributed by atoms with Crippen LogP contribution in [0.25, 0.3) is 0 Å². The summed E-state index contributed by atoms with van der Waals surface area (Å²) in [5.74, 6) is -1.70. The Morgan fingerprint density at radius 3 is 2.87 bits per heavy atom. The first-order chi connectivity index (χ1) is 10.9. The zero-order chi connectivity index (χ0) is 17.0. The van der Waals surface area contributed by atoms with Gasteiger partial charge in [-0.15, -0.1) is 0 Å². The molecule has 0 atom stereocenters. The fourth-order valence-corrected chi connectivity index (χ4v) is 2.69. The predicted molar refractivity (Wildman–Crippen MR) is 79.5 cm³/mol. The summed E-state index contributed by atoms with van der Waals surface area (Å²) in [5.41, 5.74) is 0.244. The van der Waals surface area contributed by atoms with Gasteiger partial charge in [0.25, 0.3) is 5.03 Å². The van der Waals surface area contributed by atoms with Crippen LogP contribution in [0.4, 0.5) is 5.69 Å². The zero-order valence-electron chi connectivity index (χ0n) is 11.9. The highest BCUT2D eigenvalue weighted by molar-refractivity contribution is 7.99. The Hall–Kier alpha value is -2.26. The second-order valence-electron chi connectivity index (χ2n) is 4.44. The van der Waals surface area contributed by atoms with Crippen molar-refractivity contribution in [2.45, 2.75) is 11.4 Å². The summed E-state index contributed by atoms with van der Waals surface area (Å²) in [5, 5.41) is 26.8. The first kappa shape index (κ1) is 17.1. The van der Waals surface area contributed by atoms with Gasteiger partial charge in [0, 0.05) is 12.2 Å². The van der Waals surface area contributed by atoms with Crippen LogP contribution in [0.2, 0.25) is 5.02 Å². The molecule has 0 saturated heterocycles. The van der Waals surface area contributed by atoms with Crippen LogP contribution in [0, 0.1) is 0 Å². The number of anilines is 1. The van der Waals surface area contributed by atoms with E-state index in [1.165, 1.54) is 22.9 Å². The maximum Gasteiger partial charge on any atom is 0.335 e. The second-order valence-corrected chi connectivity index (χ2v) is 5.93. The molecule has 0 aliphatic carbocycles. The Morgan fingerprint density at radius 1 is 1.52 bits per heavy atom. The SMILES string of the molecule is C[n+]1noc([O-])c1SCCC(=O)Nc1cc(C(=O)O)ccc1Cl. The highest BCUT2D eigenvalue weighted by Crippen LogP contribution is 2.24. The Morgan fingerprint density at radius 2 is 2.26 bits per heavy atom. The van der Waals surface area contributed by atoms with Gasteiger partial charge in [-0.2, -0.15) is 0 Å². The van der Waals surface area contributed by atoms with Crippen LogP contribution in [0.1, 0.15) is 16.8 Å². The molecule has 1 aromatic heterocycles. The molecule has 1 heterocycles. The maximum atomic E-state index is 11.9. The normalized spacial score (nSPS) is 10.5. The molecule has 2 aromatic rings. The first-order valence-electron chi connectivity index (χ1n) is 6.37. The highest BCUT2D eigenvalue weighted by Gasteiger charge is 2.15. The number of nitrogens with zero attached hydrogens (tertiary/aromatic N) is 2. The van der Waals surface area contributed by atoms with Crippen LogP contribution < -0.4 is 15.1 Å². The summed E-state index contributed by atoms with van der Waals surface area (Å²) < 4.78 is 5.75. The number of aromatic carboxylic acids is 1. The summed E-state index contributed by atoms with van der Waals surface area (Å²) in [6.07, 6.45) is 0.100. The molecule has 0 radical (unpaired) electrons. The van der Waals surface area contributed by atoms with Crippen LogP contribution >= 0.6 is 23.4 Å². The predicted octanol–water partition coefficient (Wildman–Crippen LogP) is 1.05. The summed E-state index contributed by atoms with van der Waals surface area (Å²) in [7, 11) is 1.56. The lowest BCUT2D eigenvalue weighted by Crippen LogP contribution is -2.32. The van der Waals surface area contributed by atoms with E-state index in [-0.39, 0.29) is 28.6 Å². The molecule has 23 heavy (non-hydrogen) atoms. The molecule has 0 unspecified atom stereocenters. The molecule has 8 nitrogen and oxygen atoms in total. The lowest BCUT2D eigenvalue weighted by Gasteiger charge is -2.07. The number of hydrogen-bond donors (Lipinski definition) is 2. The van der Waals surface area contributed by atoms with Crippen molar-refractivity contribution in [3.63, 3.8) is 0 Å². The topological polar surface area (TPSA) is 119 Å². The average Bonchev–Trinajstić information content (AvgIpc) is 2.81. The van der Waals surface area contributed by atoms with E-state index in [1.54, 1.807) is 7.05 Å². The van der Waals surface area contributed by atoms with E-state index in [0.29, 0.717) is 10.8 Å². The number of hydrogen-bond acceptors (Lipinski definition) is 6. The number of aromatic nitrogens is 2. The van der Waals surface area contributed by atoms with E-state index < -0.39 is 11.9 Å². The lowest BCUT2D eigenvalue weighted by molar-refractivity contribution is -0.772. The van der Waals surface area contributed by atoms with Crippen molar-refractivity contribution in [3.05, 3.63) is 28.8 Å². The highest BCUT2D eigenvalue weighted by atomic mass is 35.5. The fourth-order valence-electron chi connectivity index (χ4n) is 1.67. The van der Waals surface area contributed by atoms with Gasteiger partial charge in [-0.3, -0.25) is 4.79 Å². The number of carbonyl (C=O) groups is 2. The van der Waals surface area contributed by atoms with Gasteiger partial charge in [0.15, 0.2) is 13.0 Å². The summed E-state index contributed by atoms with van der Waals surface area (Å²) >= 11 is 7.06. The van der Waals surface area contributed by atoms with Crippen LogP contribution in [0.5, 0.6) is 5.95 Å². The molecule has 0 bridgehead atoms. The van der Waals surface area contributed by atoms with Crippen molar-refractivity contribution in [2.75, 3.05) is 11.1 Å². The minimum atomic E-state index is -1.12. The number of aryl methyl sites for hydroxylation is 1. The van der Waals surface area contributed by atoms with Gasteiger partial charge in [0.2, 0.25) is 5.91 Å². The minimum absolute atomic E-state index is 0.0200. The van der Waals surface area contributed by atoms with E-state index >= 15 is 0 Å². The Bertz CT molecular complexity index is 730. The lowest BCUT2D eigenvalue weighted by atomic mass is 10.2. The zero-order valence-corrected chi connectivity index (χ0v) is 13.5. The quantitative estimate of drug-likeness (QED) is 0.585. The Balaban J connectivity index is 1.92. The van der Waals surface area contributed by atoms with Gasteiger partial charge in [0.05, 0.1) is 21.5 Å². The fraction of sp³-hybridized carbons (Fsp3) is 0.231. The molecular weight excluding hydrogens is 346 g/mol. The van der Waals surface area contributed by atoms with Crippen LogP contribution in [-0.4, -0.2) is 28.0 Å². The number of rotatable bonds is 6. The molecule has 2 N–H and O–H groups in total. The van der Waals surface area contributed by atoms with E-state index in [1.807, 2.05) is 0 Å². The van der Waals surface area contributed by atoms with Crippen LogP contribution in [0.15, 0.2) is 27.7 Å². The molecule has 0 spiro atoms. The Labute approximate surface area is 140 Å². The smallest absolute Gasteiger partial charge is 0.335 e. The van der Waals surface area contributed by atoms with Gasteiger partial charge < -0.3 is 20.1 Å². The molecular formula is C13H12ClN3O5S. The van der Waals surface area contributed by atoms with Crippen molar-refractivity contribution in [3.8, 4) is 5.95 Å². The number of carboxylic acids is 1. The van der Waals surface area contributed by atoms with E-state index in [2.05, 4.69) is 15.1 Å².